The second-order valence-electron chi connectivity index (χ2n) is 8.23. The maximum atomic E-state index is 13.1. The van der Waals surface area contributed by atoms with Crippen molar-refractivity contribution in [1.82, 2.24) is 28.9 Å². The number of aliphatic carboxylic acids is 1. The van der Waals surface area contributed by atoms with E-state index in [2.05, 4.69) is 29.2 Å². The molecule has 1 unspecified atom stereocenters. The lowest BCUT2D eigenvalue weighted by atomic mass is 10.0. The number of β-lactam (4-membered cyclic amide) rings is 1. The molecule has 0 spiro atoms. The van der Waals surface area contributed by atoms with Crippen LogP contribution in [0.1, 0.15) is 5.82 Å². The molecule has 5 rings (SSSR count). The van der Waals surface area contributed by atoms with Crippen LogP contribution < -0.4 is 21.4 Å². The molecule has 1 fully saturated rings. The summed E-state index contributed by atoms with van der Waals surface area (Å²) in [5, 5.41) is 15.7. The summed E-state index contributed by atoms with van der Waals surface area (Å²) in [6.45, 7) is 0.0381. The van der Waals surface area contributed by atoms with E-state index in [1.807, 2.05) is 0 Å². The van der Waals surface area contributed by atoms with Crippen LogP contribution in [0.4, 0.5) is 5.13 Å². The van der Waals surface area contributed by atoms with Crippen molar-refractivity contribution in [1.29, 1.82) is 0 Å². The highest BCUT2D eigenvalue weighted by Crippen LogP contribution is 2.45. The third kappa shape index (κ3) is 5.85. The molecule has 20 heteroatoms. The van der Waals surface area contributed by atoms with Crippen molar-refractivity contribution in [2.24, 2.45) is 10.9 Å². The van der Waals surface area contributed by atoms with E-state index in [1.54, 1.807) is 29.1 Å². The third-order valence-corrected chi connectivity index (χ3v) is 9.42. The minimum atomic E-state index is -1.29. The van der Waals surface area contributed by atoms with Crippen molar-refractivity contribution < 1.29 is 33.7 Å². The van der Waals surface area contributed by atoms with Gasteiger partial charge in [-0.15, -0.1) is 11.8 Å². The maximum absolute atomic E-state index is 13.1. The number of thioether (sulfide) groups is 2. The Labute approximate surface area is 247 Å². The fourth-order valence-corrected chi connectivity index (χ4v) is 7.55. The normalized spacial score (nSPS) is 18.5. The van der Waals surface area contributed by atoms with Crippen LogP contribution in [0.25, 0.3) is 11.4 Å². The first-order valence-corrected chi connectivity index (χ1v) is 14.8. The average Bonchev–Trinajstić information content (AvgIpc) is 3.59. The Morgan fingerprint density at radius 2 is 2.02 bits per heavy atom. The molecular formula is C21H19N10O6S4+. The molecule has 3 aromatic rings. The van der Waals surface area contributed by atoms with Crippen LogP contribution in [0.3, 0.4) is 0 Å². The Kier molecular flexibility index (Phi) is 8.15. The molecule has 0 radical (unpaired) electrons. The Morgan fingerprint density at radius 3 is 2.66 bits per heavy atom. The fraction of sp³-hybridized carbons (Fsp3) is 0.238. The van der Waals surface area contributed by atoms with Gasteiger partial charge in [-0.3, -0.25) is 19.3 Å². The quantitative estimate of drug-likeness (QED) is 0.0930. The highest BCUT2D eigenvalue weighted by molar-refractivity contribution is 8.07. The number of nitrogen functional groups attached to an aromatic ring is 1. The maximum Gasteiger partial charge on any atom is 0.353 e. The zero-order valence-corrected chi connectivity index (χ0v) is 24.1. The van der Waals surface area contributed by atoms with E-state index in [0.29, 0.717) is 20.6 Å². The van der Waals surface area contributed by atoms with Crippen molar-refractivity contribution in [3.05, 3.63) is 41.0 Å². The van der Waals surface area contributed by atoms with Gasteiger partial charge in [0.1, 0.15) is 24.2 Å². The van der Waals surface area contributed by atoms with Gasteiger partial charge in [0.2, 0.25) is 18.1 Å². The molecule has 2 aliphatic rings. The molecule has 212 valence electrons. The standard InChI is InChI=1S/C21H18N10O6S4/c1-37-27-11(15-25-20(23)40-29-15)16(33)24-12-17(34)31-13(19(35)36)9(7-38-18(12)31)39-21-26-14(28-41-21)8-2-4-30(5-3-8)6-10(22)32/h2-5,12,18H,6-7H2,1H3,(H5-,22,23,24,25,29,32,33,35,36)/p+1/b27-11-/t12-,18?/m1/s1. The number of oxime groups is 1. The van der Waals surface area contributed by atoms with E-state index < -0.39 is 35.1 Å². The van der Waals surface area contributed by atoms with Gasteiger partial charge in [-0.2, -0.15) is 18.3 Å². The van der Waals surface area contributed by atoms with Gasteiger partial charge in [0.25, 0.3) is 17.7 Å². The molecule has 2 atom stereocenters. The summed E-state index contributed by atoms with van der Waals surface area (Å²) < 4.78 is 10.4. The minimum absolute atomic E-state index is 0.0381. The fourth-order valence-electron chi connectivity index (χ4n) is 3.85. The lowest BCUT2D eigenvalue weighted by Gasteiger charge is -2.49. The number of aromatic nitrogens is 5. The second-order valence-corrected chi connectivity index (χ2v) is 12.2. The van der Waals surface area contributed by atoms with Crippen LogP contribution in [0.5, 0.6) is 0 Å². The lowest BCUT2D eigenvalue weighted by molar-refractivity contribution is -0.684. The van der Waals surface area contributed by atoms with Crippen molar-refractivity contribution in [3.8, 4) is 11.4 Å². The average molecular weight is 636 g/mol. The number of nitrogens with zero attached hydrogens (tertiary/aromatic N) is 7. The molecule has 0 bridgehead atoms. The Bertz CT molecular complexity index is 1600. The van der Waals surface area contributed by atoms with Gasteiger partial charge in [-0.25, -0.2) is 9.78 Å². The van der Waals surface area contributed by atoms with Crippen LogP contribution in [0.2, 0.25) is 0 Å². The number of carboxylic acids is 1. The zero-order chi connectivity index (χ0) is 29.3. The number of carbonyl (C=O) groups excluding carboxylic acids is 3. The number of anilines is 1. The summed E-state index contributed by atoms with van der Waals surface area (Å²) in [7, 11) is 1.24. The summed E-state index contributed by atoms with van der Waals surface area (Å²) in [4.78, 5) is 64.0. The van der Waals surface area contributed by atoms with E-state index in [-0.39, 0.29) is 34.7 Å². The summed E-state index contributed by atoms with van der Waals surface area (Å²) in [6.07, 6.45) is 3.35. The highest BCUT2D eigenvalue weighted by atomic mass is 32.2. The predicted molar refractivity (Wildman–Crippen MR) is 148 cm³/mol. The van der Waals surface area contributed by atoms with Crippen LogP contribution >= 0.6 is 46.6 Å². The number of carbonyl (C=O) groups is 4. The monoisotopic (exact) mass is 635 g/mol. The summed E-state index contributed by atoms with van der Waals surface area (Å²) in [5.41, 5.74) is 11.0. The van der Waals surface area contributed by atoms with Crippen LogP contribution in [0.15, 0.2) is 44.6 Å². The number of carboxylic acid groups (broad SMARTS) is 1. The van der Waals surface area contributed by atoms with E-state index in [0.717, 1.165) is 39.7 Å². The third-order valence-electron chi connectivity index (χ3n) is 5.58. The second kappa shape index (κ2) is 11.8. The molecule has 3 aromatic heterocycles. The van der Waals surface area contributed by atoms with Gasteiger partial charge < -0.3 is 26.7 Å². The smallest absolute Gasteiger partial charge is 0.353 e. The Morgan fingerprint density at radius 1 is 1.27 bits per heavy atom. The van der Waals surface area contributed by atoms with Crippen LogP contribution in [0, 0.1) is 0 Å². The topological polar surface area (TPSA) is 233 Å². The molecular weight excluding hydrogens is 617 g/mol. The Hall–Kier alpha value is -4.14. The van der Waals surface area contributed by atoms with Gasteiger partial charge in [0.15, 0.2) is 27.7 Å². The number of hydrogen-bond donors (Lipinski definition) is 4. The lowest BCUT2D eigenvalue weighted by Crippen LogP contribution is -2.71. The molecule has 16 nitrogen and oxygen atoms in total. The molecule has 6 N–H and O–H groups in total. The van der Waals surface area contributed by atoms with Crippen molar-refractivity contribution in [3.63, 3.8) is 0 Å². The SMILES string of the molecule is CO/N=C(\C(=O)N[C@@H]1C(=O)N2C(C(=O)O)=C(Sc3nc(-c4cc[n+](CC(N)=O)cc4)ns3)CSC12)c1nsc(N)n1. The molecule has 0 saturated carbocycles. The number of nitrogens with one attached hydrogen (secondary N) is 1. The molecule has 1 saturated heterocycles. The zero-order valence-electron chi connectivity index (χ0n) is 20.8. The first-order chi connectivity index (χ1) is 19.7. The molecule has 5 heterocycles. The molecule has 0 aromatic carbocycles. The molecule has 0 aliphatic carbocycles. The highest BCUT2D eigenvalue weighted by Gasteiger charge is 2.54. The summed E-state index contributed by atoms with van der Waals surface area (Å²) in [5.74, 6) is -2.51. The van der Waals surface area contributed by atoms with E-state index >= 15 is 0 Å². The largest absolute Gasteiger partial charge is 0.477 e. The van der Waals surface area contributed by atoms with Crippen molar-refractivity contribution in [2.45, 2.75) is 22.3 Å². The first-order valence-electron chi connectivity index (χ1n) is 11.4. The predicted octanol–water partition coefficient (Wildman–Crippen LogP) is -0.749. The number of pyridine rings is 1. The van der Waals surface area contributed by atoms with E-state index in [9.17, 15) is 24.3 Å². The number of primary amides is 1. The first kappa shape index (κ1) is 28.4. The van der Waals surface area contributed by atoms with Crippen LogP contribution in [-0.2, 0) is 30.6 Å². The van der Waals surface area contributed by atoms with Crippen molar-refractivity contribution >= 4 is 81.1 Å². The van der Waals surface area contributed by atoms with E-state index in [4.69, 9.17) is 16.3 Å². The number of fused-ring (bicyclic) bond motifs is 1. The molecule has 3 amide bonds. The summed E-state index contributed by atoms with van der Waals surface area (Å²) in [6, 6.07) is 2.46. The van der Waals surface area contributed by atoms with Gasteiger partial charge in [0.05, 0.1) is 0 Å². The number of nitrogens with two attached hydrogens (primary N) is 2. The van der Waals surface area contributed by atoms with Gasteiger partial charge in [-0.1, -0.05) is 16.9 Å². The molecule has 41 heavy (non-hydrogen) atoms. The minimum Gasteiger partial charge on any atom is -0.477 e. The molecule has 2 aliphatic heterocycles. The van der Waals surface area contributed by atoms with Gasteiger partial charge >= 0.3 is 5.97 Å². The number of hydrogen-bond acceptors (Lipinski definition) is 15. The van der Waals surface area contributed by atoms with Gasteiger partial charge in [-0.05, 0) is 11.5 Å². The van der Waals surface area contributed by atoms with Crippen LogP contribution in [-0.4, -0.2) is 82.4 Å². The number of amides is 3. The van der Waals surface area contributed by atoms with Gasteiger partial charge in [0, 0.05) is 39.9 Å². The Balaban J connectivity index is 1.30. The number of rotatable bonds is 10. The van der Waals surface area contributed by atoms with Crippen molar-refractivity contribution in [2.75, 3.05) is 18.6 Å². The van der Waals surface area contributed by atoms with E-state index in [1.165, 1.54) is 18.9 Å². The summed E-state index contributed by atoms with van der Waals surface area (Å²) >= 11 is 4.35.